The van der Waals surface area contributed by atoms with Crippen LogP contribution in [-0.2, 0) is 23.7 Å². The molecule has 0 radical (unpaired) electrons. The molecule has 2 aliphatic carbocycles. The number of nitrogens with one attached hydrogen (secondary N) is 1. The zero-order valence-electron chi connectivity index (χ0n) is 25.0. The number of aromatic amines is 1. The fourth-order valence-electron chi connectivity index (χ4n) is 7.90. The van der Waals surface area contributed by atoms with Gasteiger partial charge in [0.25, 0.3) is 0 Å². The Morgan fingerprint density at radius 2 is 2.05 bits per heavy atom. The standard InChI is InChI=1S/C33H40N2O8/c1-16-11-17(2)33-22(13-25(40-5)32(39)41-28(16)19(4)36)8-9-23-26(33)27(37)18(3)29(30(23)43-33)42-31(38)24-12-21(15-35-24)20-7-6-10-34-14-20/h6-12,14-16,18-19,22-23,25-30,35-37H,13H2,1-5H3/b17-11-/t16-,18-,19-,22-,23?,25+,26?,27-,28+,29-,30+,33+/m1/s1. The zero-order valence-corrected chi connectivity index (χ0v) is 25.0. The summed E-state index contributed by atoms with van der Waals surface area (Å²) in [5.41, 5.74) is 1.89. The predicted octanol–water partition coefficient (Wildman–Crippen LogP) is 3.46. The van der Waals surface area contributed by atoms with Crippen LogP contribution in [0.1, 0.15) is 44.6 Å². The van der Waals surface area contributed by atoms with Crippen LogP contribution in [0.4, 0.5) is 0 Å². The van der Waals surface area contributed by atoms with Crippen LogP contribution in [-0.4, -0.2) is 81.5 Å². The molecular weight excluding hydrogens is 552 g/mol. The number of esters is 2. The minimum absolute atomic E-state index is 0.211. The van der Waals surface area contributed by atoms with Gasteiger partial charge in [-0.2, -0.15) is 0 Å². The van der Waals surface area contributed by atoms with Crippen molar-refractivity contribution in [2.24, 2.45) is 29.6 Å². The van der Waals surface area contributed by atoms with E-state index in [1.54, 1.807) is 31.6 Å². The lowest BCUT2D eigenvalue weighted by Crippen LogP contribution is -2.57. The molecular formula is C33H40N2O8. The highest BCUT2D eigenvalue weighted by molar-refractivity contribution is 5.89. The summed E-state index contributed by atoms with van der Waals surface area (Å²) in [5.74, 6) is -2.69. The summed E-state index contributed by atoms with van der Waals surface area (Å²) in [4.78, 5) is 33.8. The monoisotopic (exact) mass is 592 g/mol. The highest BCUT2D eigenvalue weighted by Gasteiger charge is 2.69. The summed E-state index contributed by atoms with van der Waals surface area (Å²) in [7, 11) is 1.46. The van der Waals surface area contributed by atoms with Gasteiger partial charge in [0.1, 0.15) is 29.6 Å². The van der Waals surface area contributed by atoms with Crippen LogP contribution < -0.4 is 0 Å². The SMILES string of the molecule is CO[C@H]1C[C@H]2C=CC3C4[C@H](O)[C@@H](C)[C@@H](OC(=O)c5cc(-c6cccnc6)c[nH]5)[C@H]3O[C@]42/C(C)=C\[C@@H](C)[C@@H]([C@@H](C)O)OC1=O. The van der Waals surface area contributed by atoms with Crippen molar-refractivity contribution in [2.45, 2.75) is 76.3 Å². The Labute approximate surface area is 251 Å². The van der Waals surface area contributed by atoms with E-state index in [9.17, 15) is 19.8 Å². The van der Waals surface area contributed by atoms with Gasteiger partial charge in [-0.15, -0.1) is 0 Å². The Morgan fingerprint density at radius 3 is 2.74 bits per heavy atom. The molecule has 6 rings (SSSR count). The highest BCUT2D eigenvalue weighted by Crippen LogP contribution is 2.61. The largest absolute Gasteiger partial charge is 0.457 e. The fraction of sp³-hybridized carbons (Fsp3) is 0.545. The van der Waals surface area contributed by atoms with Gasteiger partial charge in [-0.1, -0.05) is 38.1 Å². The van der Waals surface area contributed by atoms with Crippen molar-refractivity contribution in [3.8, 4) is 11.1 Å². The van der Waals surface area contributed by atoms with Crippen molar-refractivity contribution < 1.29 is 38.7 Å². The van der Waals surface area contributed by atoms with Crippen LogP contribution in [0, 0.1) is 29.6 Å². The van der Waals surface area contributed by atoms with E-state index in [1.165, 1.54) is 7.11 Å². The molecule has 3 N–H and O–H groups in total. The van der Waals surface area contributed by atoms with Crippen LogP contribution in [0.15, 0.2) is 60.6 Å². The first-order valence-electron chi connectivity index (χ1n) is 15.0. The minimum Gasteiger partial charge on any atom is -0.457 e. The van der Waals surface area contributed by atoms with Crippen LogP contribution in [0.3, 0.4) is 0 Å². The normalized spacial score (nSPS) is 40.5. The summed E-state index contributed by atoms with van der Waals surface area (Å²) in [6.45, 7) is 7.35. The van der Waals surface area contributed by atoms with Crippen LogP contribution in [0.2, 0.25) is 0 Å². The number of aromatic nitrogens is 2. The summed E-state index contributed by atoms with van der Waals surface area (Å²) in [6.07, 6.45) is 6.82. The number of pyridine rings is 1. The second-order valence-electron chi connectivity index (χ2n) is 12.5. The highest BCUT2D eigenvalue weighted by atomic mass is 16.6. The Bertz CT molecular complexity index is 1420. The van der Waals surface area contributed by atoms with E-state index in [0.29, 0.717) is 5.69 Å². The summed E-state index contributed by atoms with van der Waals surface area (Å²) >= 11 is 0. The number of carbonyl (C=O) groups is 2. The van der Waals surface area contributed by atoms with E-state index in [0.717, 1.165) is 16.7 Å². The molecule has 12 atom stereocenters. The summed E-state index contributed by atoms with van der Waals surface area (Å²) in [6, 6.07) is 5.47. The van der Waals surface area contributed by atoms with Crippen LogP contribution in [0.5, 0.6) is 0 Å². The molecule has 1 saturated heterocycles. The van der Waals surface area contributed by atoms with Crippen molar-refractivity contribution in [2.75, 3.05) is 7.11 Å². The first-order valence-corrected chi connectivity index (χ1v) is 15.0. The molecule has 1 saturated carbocycles. The first-order chi connectivity index (χ1) is 20.6. The van der Waals surface area contributed by atoms with Gasteiger partial charge in [0.05, 0.1) is 12.2 Å². The summed E-state index contributed by atoms with van der Waals surface area (Å²) in [5, 5.41) is 22.4. The molecule has 2 aliphatic heterocycles. The molecule has 4 bridgehead atoms. The zero-order chi connectivity index (χ0) is 30.6. The number of ether oxygens (including phenoxy) is 4. The van der Waals surface area contributed by atoms with E-state index >= 15 is 0 Å². The van der Waals surface area contributed by atoms with Crippen molar-refractivity contribution in [1.82, 2.24) is 9.97 Å². The molecule has 10 nitrogen and oxygen atoms in total. The smallest absolute Gasteiger partial charge is 0.355 e. The van der Waals surface area contributed by atoms with Gasteiger partial charge in [-0.3, -0.25) is 4.98 Å². The number of nitrogens with zero attached hydrogens (tertiary/aromatic N) is 1. The second kappa shape index (κ2) is 11.3. The third-order valence-corrected chi connectivity index (χ3v) is 10.0. The number of hydrogen-bond acceptors (Lipinski definition) is 9. The average Bonchev–Trinajstić information content (AvgIpc) is 3.56. The van der Waals surface area contributed by atoms with E-state index in [2.05, 4.69) is 9.97 Å². The molecule has 0 amide bonds. The Hall–Kier alpha value is -3.31. The van der Waals surface area contributed by atoms with Crippen molar-refractivity contribution in [3.63, 3.8) is 0 Å². The van der Waals surface area contributed by atoms with Crippen molar-refractivity contribution in [3.05, 3.63) is 66.3 Å². The molecule has 2 fully saturated rings. The molecule has 43 heavy (non-hydrogen) atoms. The van der Waals surface area contributed by atoms with Gasteiger partial charge < -0.3 is 34.1 Å². The Balaban J connectivity index is 1.34. The quantitative estimate of drug-likeness (QED) is 0.352. The molecule has 4 heterocycles. The number of aliphatic hydroxyl groups is 2. The molecule has 1 spiro atoms. The van der Waals surface area contributed by atoms with Crippen molar-refractivity contribution >= 4 is 11.9 Å². The maximum atomic E-state index is 13.4. The number of aliphatic hydroxyl groups excluding tert-OH is 2. The topological polar surface area (TPSA) is 140 Å². The third kappa shape index (κ3) is 4.84. The van der Waals surface area contributed by atoms with Gasteiger partial charge in [0.15, 0.2) is 6.10 Å². The number of rotatable bonds is 5. The van der Waals surface area contributed by atoms with E-state index < -0.39 is 60.1 Å². The van der Waals surface area contributed by atoms with Gasteiger partial charge in [0.2, 0.25) is 0 Å². The molecule has 230 valence electrons. The molecule has 10 heteroatoms. The second-order valence-corrected chi connectivity index (χ2v) is 12.5. The lowest BCUT2D eigenvalue weighted by molar-refractivity contribution is -0.172. The Kier molecular flexibility index (Phi) is 7.83. The Morgan fingerprint density at radius 1 is 1.26 bits per heavy atom. The lowest BCUT2D eigenvalue weighted by atomic mass is 9.57. The maximum Gasteiger partial charge on any atom is 0.355 e. The summed E-state index contributed by atoms with van der Waals surface area (Å²) < 4.78 is 24.5. The lowest BCUT2D eigenvalue weighted by Gasteiger charge is -2.48. The molecule has 0 aromatic carbocycles. The minimum atomic E-state index is -0.968. The first kappa shape index (κ1) is 29.7. The van der Waals surface area contributed by atoms with Crippen LogP contribution >= 0.6 is 0 Å². The van der Waals surface area contributed by atoms with Gasteiger partial charge in [-0.05, 0) is 38.0 Å². The molecule has 2 unspecified atom stereocenters. The van der Waals surface area contributed by atoms with Crippen molar-refractivity contribution in [1.29, 1.82) is 0 Å². The van der Waals surface area contributed by atoms with E-state index in [-0.39, 0.29) is 30.1 Å². The third-order valence-electron chi connectivity index (χ3n) is 10.0. The van der Waals surface area contributed by atoms with Gasteiger partial charge in [0, 0.05) is 66.4 Å². The van der Waals surface area contributed by atoms with Gasteiger partial charge >= 0.3 is 11.9 Å². The van der Waals surface area contributed by atoms with Gasteiger partial charge in [-0.25, -0.2) is 9.59 Å². The molecule has 2 aromatic rings. The molecule has 2 aromatic heterocycles. The van der Waals surface area contributed by atoms with E-state index in [4.69, 9.17) is 18.9 Å². The predicted molar refractivity (Wildman–Crippen MR) is 156 cm³/mol. The van der Waals surface area contributed by atoms with Crippen LogP contribution in [0.25, 0.3) is 11.1 Å². The maximum absolute atomic E-state index is 13.4. The molecule has 4 aliphatic rings. The number of carbonyl (C=O) groups excluding carboxylic acids is 2. The number of methoxy groups -OCH3 is 1. The number of cyclic esters (lactones) is 1. The number of hydrogen-bond donors (Lipinski definition) is 3. The average molecular weight is 593 g/mol. The number of H-pyrrole nitrogens is 1. The van der Waals surface area contributed by atoms with E-state index in [1.807, 2.05) is 51.1 Å². The fourth-order valence-corrected chi connectivity index (χ4v) is 7.90.